The number of carbonyl (C=O) groups excluding carboxylic acids is 3. The minimum Gasteiger partial charge on any atom is -0.358 e. The van der Waals surface area contributed by atoms with Gasteiger partial charge in [0, 0.05) is 40.4 Å². The molecular weight excluding hydrogens is 549 g/mol. The minimum atomic E-state index is -0.401. The number of aryl methyl sites for hydroxylation is 1. The molecule has 4 N–H and O–H groups in total. The largest absolute Gasteiger partial charge is 0.358 e. The second-order valence-electron chi connectivity index (χ2n) is 9.62. The molecule has 0 fully saturated rings. The third kappa shape index (κ3) is 6.25. The van der Waals surface area contributed by atoms with E-state index in [1.165, 1.54) is 0 Å². The molecule has 40 heavy (non-hydrogen) atoms. The predicted molar refractivity (Wildman–Crippen MR) is 162 cm³/mol. The molecule has 0 aliphatic carbocycles. The first kappa shape index (κ1) is 29.4. The highest BCUT2D eigenvalue weighted by Crippen LogP contribution is 2.37. The number of halogens is 2. The van der Waals surface area contributed by atoms with Gasteiger partial charge in [-0.3, -0.25) is 14.4 Å². The minimum absolute atomic E-state index is 0.159. The molecule has 0 atom stereocenters. The third-order valence-corrected chi connectivity index (χ3v) is 7.81. The summed E-state index contributed by atoms with van der Waals surface area (Å²) in [4.78, 5) is 44.9. The monoisotopic (exact) mass is 581 g/mol. The van der Waals surface area contributed by atoms with Gasteiger partial charge in [-0.25, -0.2) is 0 Å². The van der Waals surface area contributed by atoms with Gasteiger partial charge in [-0.1, -0.05) is 43.1 Å². The van der Waals surface area contributed by atoms with Gasteiger partial charge in [-0.2, -0.15) is 0 Å². The molecule has 4 rings (SSSR count). The highest BCUT2D eigenvalue weighted by atomic mass is 35.5. The summed E-state index contributed by atoms with van der Waals surface area (Å²) in [7, 11) is 0. The van der Waals surface area contributed by atoms with E-state index in [1.54, 1.807) is 42.5 Å². The number of H-pyrrole nitrogens is 1. The summed E-state index contributed by atoms with van der Waals surface area (Å²) in [5.41, 5.74) is 4.75. The summed E-state index contributed by atoms with van der Waals surface area (Å²) in [6, 6.07) is 9.92. The Bertz CT molecular complexity index is 1490. The molecule has 1 aliphatic rings. The van der Waals surface area contributed by atoms with E-state index in [4.69, 9.17) is 23.2 Å². The van der Waals surface area contributed by atoms with Crippen LogP contribution in [0.4, 0.5) is 11.4 Å². The Morgan fingerprint density at radius 3 is 2.48 bits per heavy atom. The fourth-order valence-corrected chi connectivity index (χ4v) is 5.18. The van der Waals surface area contributed by atoms with E-state index in [9.17, 15) is 14.4 Å². The fourth-order valence-electron chi connectivity index (χ4n) is 4.89. The summed E-state index contributed by atoms with van der Waals surface area (Å²) in [5.74, 6) is -0.894. The Morgan fingerprint density at radius 1 is 1.02 bits per heavy atom. The van der Waals surface area contributed by atoms with Crippen LogP contribution >= 0.6 is 23.2 Å². The summed E-state index contributed by atoms with van der Waals surface area (Å²) < 4.78 is 0. The lowest BCUT2D eigenvalue weighted by Gasteiger charge is -2.17. The Kier molecular flexibility index (Phi) is 9.35. The van der Waals surface area contributed by atoms with E-state index in [2.05, 4.69) is 39.7 Å². The second-order valence-corrected chi connectivity index (χ2v) is 10.4. The van der Waals surface area contributed by atoms with Gasteiger partial charge >= 0.3 is 0 Å². The van der Waals surface area contributed by atoms with Gasteiger partial charge in [0.15, 0.2) is 0 Å². The Hall–Kier alpha value is -3.59. The number of nitrogens with one attached hydrogen (secondary N) is 4. The van der Waals surface area contributed by atoms with Gasteiger partial charge in [0.25, 0.3) is 17.7 Å². The molecule has 0 saturated carbocycles. The molecule has 0 unspecified atom stereocenters. The van der Waals surface area contributed by atoms with Crippen molar-refractivity contribution in [2.24, 2.45) is 0 Å². The number of hydrogen-bond acceptors (Lipinski definition) is 4. The van der Waals surface area contributed by atoms with Crippen molar-refractivity contribution in [3.05, 3.63) is 80.1 Å². The zero-order chi connectivity index (χ0) is 29.0. The van der Waals surface area contributed by atoms with Crippen LogP contribution in [0.15, 0.2) is 36.4 Å². The number of rotatable bonds is 10. The van der Waals surface area contributed by atoms with E-state index < -0.39 is 5.91 Å². The van der Waals surface area contributed by atoms with Crippen molar-refractivity contribution in [2.75, 3.05) is 36.8 Å². The first-order chi connectivity index (χ1) is 19.1. The van der Waals surface area contributed by atoms with Crippen LogP contribution in [0.3, 0.4) is 0 Å². The predicted octanol–water partition coefficient (Wildman–Crippen LogP) is 6.15. The first-order valence-corrected chi connectivity index (χ1v) is 14.0. The lowest BCUT2D eigenvalue weighted by Crippen LogP contribution is -2.30. The van der Waals surface area contributed by atoms with Crippen LogP contribution in [0, 0.1) is 13.8 Å². The highest BCUT2D eigenvalue weighted by molar-refractivity contribution is 6.42. The van der Waals surface area contributed by atoms with Gasteiger partial charge in [0.05, 0.1) is 21.2 Å². The second kappa shape index (κ2) is 12.7. The van der Waals surface area contributed by atoms with Crippen LogP contribution in [-0.2, 0) is 4.79 Å². The zero-order valence-corrected chi connectivity index (χ0v) is 24.5. The maximum absolute atomic E-state index is 13.3. The van der Waals surface area contributed by atoms with Crippen molar-refractivity contribution in [2.45, 2.75) is 34.1 Å². The molecular formula is C30H33Cl2N5O3. The number of anilines is 2. The van der Waals surface area contributed by atoms with Crippen molar-refractivity contribution in [1.82, 2.24) is 15.2 Å². The molecule has 0 radical (unpaired) electrons. The molecule has 0 saturated heterocycles. The molecule has 210 valence electrons. The van der Waals surface area contributed by atoms with E-state index in [1.807, 2.05) is 13.8 Å². The van der Waals surface area contributed by atoms with Crippen molar-refractivity contribution in [3.8, 4) is 0 Å². The smallest absolute Gasteiger partial charge is 0.256 e. The van der Waals surface area contributed by atoms with Crippen LogP contribution in [0.2, 0.25) is 10.0 Å². The number of benzene rings is 2. The lowest BCUT2D eigenvalue weighted by atomic mass is 9.98. The topological polar surface area (TPSA) is 106 Å². The Labute approximate surface area is 244 Å². The average Bonchev–Trinajstić information content (AvgIpc) is 3.40. The molecule has 10 heteroatoms. The molecule has 3 aromatic rings. The molecule has 0 bridgehead atoms. The maximum atomic E-state index is 13.3. The Morgan fingerprint density at radius 2 is 1.77 bits per heavy atom. The molecule has 2 heterocycles. The van der Waals surface area contributed by atoms with Crippen molar-refractivity contribution in [1.29, 1.82) is 0 Å². The quantitative estimate of drug-likeness (QED) is 0.170. The molecule has 2 aromatic carbocycles. The van der Waals surface area contributed by atoms with Crippen LogP contribution in [0.25, 0.3) is 11.6 Å². The Balaban J connectivity index is 1.58. The summed E-state index contributed by atoms with van der Waals surface area (Å²) in [5, 5.41) is 9.37. The van der Waals surface area contributed by atoms with Crippen LogP contribution < -0.4 is 16.0 Å². The molecule has 1 aliphatic heterocycles. The normalized spacial score (nSPS) is 13.5. The van der Waals surface area contributed by atoms with Gasteiger partial charge in [-0.15, -0.1) is 0 Å². The number of aromatic nitrogens is 1. The summed E-state index contributed by atoms with van der Waals surface area (Å²) >= 11 is 12.1. The number of aromatic amines is 1. The fraction of sp³-hybridized carbons (Fsp3) is 0.300. The van der Waals surface area contributed by atoms with E-state index in [0.717, 1.165) is 31.6 Å². The van der Waals surface area contributed by atoms with Gasteiger partial charge in [0.1, 0.15) is 0 Å². The number of hydrogen-bond donors (Lipinski definition) is 4. The molecule has 3 amide bonds. The summed E-state index contributed by atoms with van der Waals surface area (Å²) in [6.45, 7) is 11.4. The van der Waals surface area contributed by atoms with Crippen molar-refractivity contribution in [3.63, 3.8) is 0 Å². The number of nitrogens with zero attached hydrogens (tertiary/aromatic N) is 1. The maximum Gasteiger partial charge on any atom is 0.256 e. The molecule has 0 spiro atoms. The number of fused-ring (bicyclic) bond motifs is 1. The van der Waals surface area contributed by atoms with Gasteiger partial charge < -0.3 is 25.8 Å². The number of carbonyl (C=O) groups is 3. The lowest BCUT2D eigenvalue weighted by molar-refractivity contribution is -0.110. The average molecular weight is 583 g/mol. The van der Waals surface area contributed by atoms with Gasteiger partial charge in [0.2, 0.25) is 0 Å². The highest BCUT2D eigenvalue weighted by Gasteiger charge is 2.30. The zero-order valence-electron chi connectivity index (χ0n) is 23.0. The SMILES string of the molecule is CCN(CC)CCCNC(=O)c1c(C)[nH]c(C=C2C(=O)Nc3cccc(C(=O)Nc4ccc(Cl)c(Cl)c4)c32)c1C. The molecule has 8 nitrogen and oxygen atoms in total. The van der Waals surface area contributed by atoms with Crippen LogP contribution in [0.5, 0.6) is 0 Å². The molecule has 1 aromatic heterocycles. The summed E-state index contributed by atoms with van der Waals surface area (Å²) in [6.07, 6.45) is 2.55. The van der Waals surface area contributed by atoms with Crippen LogP contribution in [0.1, 0.15) is 63.5 Å². The van der Waals surface area contributed by atoms with Crippen molar-refractivity contribution < 1.29 is 14.4 Å². The van der Waals surface area contributed by atoms with Crippen molar-refractivity contribution >= 4 is 63.9 Å². The standard InChI is InChI=1S/C30H33Cl2N5O3/c1-5-37(6-2)14-8-13-33-30(40)26-17(3)25(34-18(26)4)16-21-27-20(9-7-10-24(27)36-29(21)39)28(38)35-19-11-12-22(31)23(32)15-19/h7,9-12,15-16,34H,5-6,8,13-14H2,1-4H3,(H,33,40)(H,35,38)(H,36,39). The van der Waals surface area contributed by atoms with E-state index in [-0.39, 0.29) is 11.8 Å². The van der Waals surface area contributed by atoms with E-state index in [0.29, 0.717) is 61.6 Å². The first-order valence-electron chi connectivity index (χ1n) is 13.3. The van der Waals surface area contributed by atoms with Gasteiger partial charge in [-0.05, 0) is 81.9 Å². The van der Waals surface area contributed by atoms with Crippen LogP contribution in [-0.4, -0.2) is 53.8 Å². The van der Waals surface area contributed by atoms with E-state index >= 15 is 0 Å². The third-order valence-electron chi connectivity index (χ3n) is 7.07. The number of amides is 3.